The van der Waals surface area contributed by atoms with Crippen LogP contribution < -0.4 is 0 Å². The molecule has 1 saturated carbocycles. The summed E-state index contributed by atoms with van der Waals surface area (Å²) in [6.07, 6.45) is 2.22. The number of allylic oxidation sites excluding steroid dienone is 2. The zero-order valence-corrected chi connectivity index (χ0v) is 12.1. The van der Waals surface area contributed by atoms with Crippen LogP contribution in [0.5, 0.6) is 0 Å². The Bertz CT molecular complexity index is 485. The fourth-order valence-electron chi connectivity index (χ4n) is 2.74. The zero-order chi connectivity index (χ0) is 14.0. The molecule has 0 heterocycles. The van der Waals surface area contributed by atoms with E-state index in [4.69, 9.17) is 4.74 Å². The molecule has 19 heavy (non-hydrogen) atoms. The lowest BCUT2D eigenvalue weighted by atomic mass is 10.0. The first kappa shape index (κ1) is 13.9. The Morgan fingerprint density at radius 1 is 1.32 bits per heavy atom. The van der Waals surface area contributed by atoms with Crippen LogP contribution in [0.2, 0.25) is 0 Å². The van der Waals surface area contributed by atoms with E-state index in [1.807, 2.05) is 25.1 Å². The predicted octanol–water partition coefficient (Wildman–Crippen LogP) is 3.93. The van der Waals surface area contributed by atoms with Gasteiger partial charge in [-0.25, -0.2) is 0 Å². The van der Waals surface area contributed by atoms with E-state index in [2.05, 4.69) is 39.0 Å². The molecule has 0 bridgehead atoms. The van der Waals surface area contributed by atoms with E-state index >= 15 is 0 Å². The van der Waals surface area contributed by atoms with Crippen molar-refractivity contribution in [3.05, 3.63) is 42.0 Å². The lowest BCUT2D eigenvalue weighted by Crippen LogP contribution is -2.10. The molecule has 2 atom stereocenters. The van der Waals surface area contributed by atoms with Crippen molar-refractivity contribution in [3.63, 3.8) is 0 Å². The topological polar surface area (TPSA) is 26.3 Å². The van der Waals surface area contributed by atoms with Gasteiger partial charge in [0, 0.05) is 0 Å². The van der Waals surface area contributed by atoms with Crippen molar-refractivity contribution in [2.45, 2.75) is 27.7 Å². The average Bonchev–Trinajstić information content (AvgIpc) is 2.92. The second kappa shape index (κ2) is 5.20. The summed E-state index contributed by atoms with van der Waals surface area (Å²) < 4.78 is 5.15. The Kier molecular flexibility index (Phi) is 3.79. The van der Waals surface area contributed by atoms with Crippen molar-refractivity contribution in [2.24, 2.45) is 17.3 Å². The Labute approximate surface area is 115 Å². The van der Waals surface area contributed by atoms with Gasteiger partial charge in [-0.3, -0.25) is 4.79 Å². The lowest BCUT2D eigenvalue weighted by Gasteiger charge is -2.02. The van der Waals surface area contributed by atoms with Gasteiger partial charge in [-0.15, -0.1) is 0 Å². The third-order valence-electron chi connectivity index (χ3n) is 4.11. The van der Waals surface area contributed by atoms with Crippen LogP contribution in [0, 0.1) is 17.3 Å². The minimum atomic E-state index is -0.0605. The Morgan fingerprint density at radius 2 is 1.95 bits per heavy atom. The van der Waals surface area contributed by atoms with E-state index in [1.54, 1.807) is 0 Å². The Balaban J connectivity index is 2.14. The van der Waals surface area contributed by atoms with Gasteiger partial charge in [0.05, 0.1) is 12.5 Å². The second-order valence-electron chi connectivity index (χ2n) is 5.79. The first-order valence-corrected chi connectivity index (χ1v) is 6.89. The fourth-order valence-corrected chi connectivity index (χ4v) is 2.74. The molecule has 0 N–H and O–H groups in total. The molecule has 0 aliphatic heterocycles. The lowest BCUT2D eigenvalue weighted by molar-refractivity contribution is -0.145. The number of rotatable bonds is 4. The molecule has 2 rings (SSSR count). The molecular weight excluding hydrogens is 236 g/mol. The number of ether oxygens (including phenoxy) is 1. The third-order valence-corrected chi connectivity index (χ3v) is 4.11. The van der Waals surface area contributed by atoms with Gasteiger partial charge in [-0.2, -0.15) is 0 Å². The number of esters is 1. The van der Waals surface area contributed by atoms with Crippen LogP contribution >= 0.6 is 0 Å². The summed E-state index contributed by atoms with van der Waals surface area (Å²) in [4.78, 5) is 11.9. The highest BCUT2D eigenvalue weighted by atomic mass is 16.5. The van der Waals surface area contributed by atoms with Crippen molar-refractivity contribution in [1.82, 2.24) is 0 Å². The molecule has 2 unspecified atom stereocenters. The number of hydrogen-bond donors (Lipinski definition) is 0. The van der Waals surface area contributed by atoms with E-state index in [0.29, 0.717) is 6.61 Å². The maximum Gasteiger partial charge on any atom is 0.310 e. The van der Waals surface area contributed by atoms with Crippen molar-refractivity contribution in [2.75, 3.05) is 6.61 Å². The molecule has 0 radical (unpaired) electrons. The minimum Gasteiger partial charge on any atom is -0.466 e. The summed E-state index contributed by atoms with van der Waals surface area (Å²) >= 11 is 0. The molecule has 1 aliphatic rings. The average molecular weight is 258 g/mol. The van der Waals surface area contributed by atoms with Crippen molar-refractivity contribution >= 4 is 11.5 Å². The number of benzene rings is 1. The molecule has 1 aliphatic carbocycles. The van der Waals surface area contributed by atoms with Gasteiger partial charge in [0.1, 0.15) is 0 Å². The van der Waals surface area contributed by atoms with Gasteiger partial charge in [-0.1, -0.05) is 50.3 Å². The standard InChI is InChI=1S/C17H22O2/c1-5-19-16(18)15-14(17(15,3)4)11-12(2)13-9-7-6-8-10-13/h6-11,14-15H,5H2,1-4H3/b12-11+. The van der Waals surface area contributed by atoms with Gasteiger partial charge in [0.25, 0.3) is 0 Å². The molecule has 0 spiro atoms. The molecule has 1 fully saturated rings. The van der Waals surface area contributed by atoms with Crippen LogP contribution in [0.1, 0.15) is 33.3 Å². The van der Waals surface area contributed by atoms with Crippen molar-refractivity contribution in [1.29, 1.82) is 0 Å². The molecule has 102 valence electrons. The van der Waals surface area contributed by atoms with E-state index < -0.39 is 0 Å². The van der Waals surface area contributed by atoms with Crippen LogP contribution in [0.15, 0.2) is 36.4 Å². The molecule has 0 saturated heterocycles. The van der Waals surface area contributed by atoms with Crippen LogP contribution in [0.25, 0.3) is 5.57 Å². The summed E-state index contributed by atoms with van der Waals surface area (Å²) in [5, 5.41) is 0. The molecule has 1 aromatic rings. The van der Waals surface area contributed by atoms with Gasteiger partial charge in [0.2, 0.25) is 0 Å². The summed E-state index contributed by atoms with van der Waals surface area (Å²) in [5.74, 6) is 0.229. The SMILES string of the molecule is CCOC(=O)C1C(/C=C(\C)c2ccccc2)C1(C)C. The summed E-state index contributed by atoms with van der Waals surface area (Å²) in [5.41, 5.74) is 2.46. The van der Waals surface area contributed by atoms with Crippen LogP contribution in [0.4, 0.5) is 0 Å². The number of carbonyl (C=O) groups excluding carboxylic acids is 1. The Morgan fingerprint density at radius 3 is 2.53 bits per heavy atom. The van der Waals surface area contributed by atoms with Crippen LogP contribution in [-0.4, -0.2) is 12.6 Å². The number of carbonyl (C=O) groups is 1. The third kappa shape index (κ3) is 2.73. The second-order valence-corrected chi connectivity index (χ2v) is 5.79. The highest BCUT2D eigenvalue weighted by molar-refractivity contribution is 5.79. The van der Waals surface area contributed by atoms with Crippen molar-refractivity contribution < 1.29 is 9.53 Å². The number of hydrogen-bond acceptors (Lipinski definition) is 2. The van der Waals surface area contributed by atoms with Gasteiger partial charge >= 0.3 is 5.97 Å². The maximum atomic E-state index is 11.9. The van der Waals surface area contributed by atoms with Gasteiger partial charge < -0.3 is 4.74 Å². The first-order chi connectivity index (χ1) is 8.98. The van der Waals surface area contributed by atoms with Crippen LogP contribution in [-0.2, 0) is 9.53 Å². The fraction of sp³-hybridized carbons (Fsp3) is 0.471. The summed E-state index contributed by atoms with van der Waals surface area (Å²) in [6, 6.07) is 10.3. The summed E-state index contributed by atoms with van der Waals surface area (Å²) in [7, 11) is 0. The van der Waals surface area contributed by atoms with Gasteiger partial charge in [-0.05, 0) is 36.3 Å². The molecule has 0 aromatic heterocycles. The van der Waals surface area contributed by atoms with E-state index in [-0.39, 0.29) is 23.2 Å². The zero-order valence-electron chi connectivity index (χ0n) is 12.1. The molecule has 0 amide bonds. The molecule has 2 nitrogen and oxygen atoms in total. The summed E-state index contributed by atoms with van der Waals surface area (Å²) in [6.45, 7) is 8.68. The molecular formula is C17H22O2. The smallest absolute Gasteiger partial charge is 0.310 e. The predicted molar refractivity (Wildman–Crippen MR) is 77.5 cm³/mol. The van der Waals surface area contributed by atoms with Gasteiger partial charge in [0.15, 0.2) is 0 Å². The molecule has 2 heteroatoms. The Hall–Kier alpha value is -1.57. The highest BCUT2D eigenvalue weighted by Crippen LogP contribution is 2.60. The quantitative estimate of drug-likeness (QED) is 0.765. The first-order valence-electron chi connectivity index (χ1n) is 6.89. The molecule has 1 aromatic carbocycles. The van der Waals surface area contributed by atoms with Crippen molar-refractivity contribution in [3.8, 4) is 0 Å². The normalized spacial score (nSPS) is 24.9. The van der Waals surface area contributed by atoms with E-state index in [9.17, 15) is 4.79 Å². The minimum absolute atomic E-state index is 0.00566. The maximum absolute atomic E-state index is 11.9. The van der Waals surface area contributed by atoms with E-state index in [0.717, 1.165) is 0 Å². The van der Waals surface area contributed by atoms with Crippen LogP contribution in [0.3, 0.4) is 0 Å². The monoisotopic (exact) mass is 258 g/mol. The van der Waals surface area contributed by atoms with E-state index in [1.165, 1.54) is 11.1 Å². The highest BCUT2D eigenvalue weighted by Gasteiger charge is 2.61. The largest absolute Gasteiger partial charge is 0.466 e.